The standard InChI is InChI=1S/C15H13BrN2OS/c1-20-11-4-2-3-10(8-11)17-14-12-6-5-9(16)7-13(12)18-15(14)19/h2-8,14,17H,1H3,(H,18,19). The molecule has 0 spiro atoms. The molecule has 1 amide bonds. The summed E-state index contributed by atoms with van der Waals surface area (Å²) in [7, 11) is 0. The first-order valence-corrected chi connectivity index (χ1v) is 8.20. The van der Waals surface area contributed by atoms with Gasteiger partial charge in [0.15, 0.2) is 0 Å². The van der Waals surface area contributed by atoms with Crippen molar-refractivity contribution in [2.75, 3.05) is 16.9 Å². The number of thioether (sulfide) groups is 1. The third-order valence-corrected chi connectivity index (χ3v) is 4.45. The Bertz CT molecular complexity index is 675. The van der Waals surface area contributed by atoms with Crippen molar-refractivity contribution in [3.8, 4) is 0 Å². The maximum absolute atomic E-state index is 12.1. The van der Waals surface area contributed by atoms with Crippen molar-refractivity contribution in [1.29, 1.82) is 0 Å². The largest absolute Gasteiger partial charge is 0.370 e. The average Bonchev–Trinajstić information content (AvgIpc) is 2.74. The van der Waals surface area contributed by atoms with E-state index in [0.29, 0.717) is 0 Å². The summed E-state index contributed by atoms with van der Waals surface area (Å²) in [5.41, 5.74) is 2.79. The lowest BCUT2D eigenvalue weighted by Crippen LogP contribution is -2.19. The highest BCUT2D eigenvalue weighted by Gasteiger charge is 2.30. The van der Waals surface area contributed by atoms with Crippen LogP contribution in [0, 0.1) is 0 Å². The first-order valence-electron chi connectivity index (χ1n) is 6.18. The molecule has 3 nitrogen and oxygen atoms in total. The molecule has 5 heteroatoms. The molecule has 2 aromatic rings. The number of rotatable bonds is 3. The van der Waals surface area contributed by atoms with E-state index in [1.807, 2.05) is 36.6 Å². The van der Waals surface area contributed by atoms with Gasteiger partial charge in [-0.25, -0.2) is 0 Å². The van der Waals surface area contributed by atoms with Crippen LogP contribution in [0.25, 0.3) is 0 Å². The minimum atomic E-state index is -0.338. The topological polar surface area (TPSA) is 41.1 Å². The molecule has 1 unspecified atom stereocenters. The van der Waals surface area contributed by atoms with Crippen molar-refractivity contribution in [2.24, 2.45) is 0 Å². The van der Waals surface area contributed by atoms with Gasteiger partial charge in [0.2, 0.25) is 0 Å². The summed E-state index contributed by atoms with van der Waals surface area (Å²) >= 11 is 5.10. The number of hydrogen-bond donors (Lipinski definition) is 2. The molecule has 2 N–H and O–H groups in total. The molecule has 1 aliphatic heterocycles. The molecule has 1 aliphatic rings. The van der Waals surface area contributed by atoms with Crippen LogP contribution in [-0.4, -0.2) is 12.2 Å². The number of carbonyl (C=O) groups excluding carboxylic acids is 1. The number of carbonyl (C=O) groups is 1. The molecule has 2 aromatic carbocycles. The van der Waals surface area contributed by atoms with Crippen LogP contribution in [0.4, 0.5) is 11.4 Å². The fraction of sp³-hybridized carbons (Fsp3) is 0.133. The Morgan fingerprint density at radius 2 is 2.10 bits per heavy atom. The highest BCUT2D eigenvalue weighted by molar-refractivity contribution is 9.10. The zero-order valence-corrected chi connectivity index (χ0v) is 13.2. The molecular weight excluding hydrogens is 336 g/mol. The van der Waals surface area contributed by atoms with E-state index in [4.69, 9.17) is 0 Å². The van der Waals surface area contributed by atoms with E-state index in [1.165, 1.54) is 4.90 Å². The molecule has 0 aliphatic carbocycles. The Labute approximate surface area is 130 Å². The Hall–Kier alpha value is -1.46. The van der Waals surface area contributed by atoms with Crippen molar-refractivity contribution in [2.45, 2.75) is 10.9 Å². The van der Waals surface area contributed by atoms with E-state index in [0.717, 1.165) is 21.4 Å². The second-order valence-electron chi connectivity index (χ2n) is 4.53. The van der Waals surface area contributed by atoms with Gasteiger partial charge in [-0.15, -0.1) is 11.8 Å². The summed E-state index contributed by atoms with van der Waals surface area (Å²) in [6.45, 7) is 0. The number of fused-ring (bicyclic) bond motifs is 1. The zero-order chi connectivity index (χ0) is 14.1. The van der Waals surface area contributed by atoms with Crippen LogP contribution in [0.3, 0.4) is 0 Å². The van der Waals surface area contributed by atoms with Gasteiger partial charge in [-0.1, -0.05) is 28.1 Å². The molecule has 1 heterocycles. The summed E-state index contributed by atoms with van der Waals surface area (Å²) in [6, 6.07) is 13.6. The number of benzene rings is 2. The number of amides is 1. The SMILES string of the molecule is CSc1cccc(NC2C(=O)Nc3cc(Br)ccc32)c1. The minimum absolute atomic E-state index is 0.0207. The lowest BCUT2D eigenvalue weighted by atomic mass is 10.1. The minimum Gasteiger partial charge on any atom is -0.370 e. The van der Waals surface area contributed by atoms with Crippen molar-refractivity contribution >= 4 is 45.0 Å². The molecule has 0 aromatic heterocycles. The van der Waals surface area contributed by atoms with Crippen molar-refractivity contribution in [3.05, 3.63) is 52.5 Å². The van der Waals surface area contributed by atoms with Crippen LogP contribution >= 0.6 is 27.7 Å². The average molecular weight is 349 g/mol. The smallest absolute Gasteiger partial charge is 0.251 e. The maximum Gasteiger partial charge on any atom is 0.251 e. The molecule has 3 rings (SSSR count). The lowest BCUT2D eigenvalue weighted by molar-refractivity contribution is -0.116. The molecule has 102 valence electrons. The summed E-state index contributed by atoms with van der Waals surface area (Å²) in [4.78, 5) is 13.3. The monoisotopic (exact) mass is 348 g/mol. The van der Waals surface area contributed by atoms with Gasteiger partial charge in [0, 0.05) is 26.3 Å². The van der Waals surface area contributed by atoms with Crippen LogP contribution in [0.1, 0.15) is 11.6 Å². The van der Waals surface area contributed by atoms with Gasteiger partial charge in [0.1, 0.15) is 6.04 Å². The third-order valence-electron chi connectivity index (χ3n) is 3.23. The fourth-order valence-electron chi connectivity index (χ4n) is 2.26. The van der Waals surface area contributed by atoms with E-state index in [2.05, 4.69) is 38.7 Å². The lowest BCUT2D eigenvalue weighted by Gasteiger charge is -2.13. The summed E-state index contributed by atoms with van der Waals surface area (Å²) in [5.74, 6) is -0.0207. The highest BCUT2D eigenvalue weighted by atomic mass is 79.9. The Morgan fingerprint density at radius 1 is 1.25 bits per heavy atom. The van der Waals surface area contributed by atoms with E-state index in [-0.39, 0.29) is 11.9 Å². The van der Waals surface area contributed by atoms with Crippen molar-refractivity contribution in [1.82, 2.24) is 0 Å². The van der Waals surface area contributed by atoms with Gasteiger partial charge >= 0.3 is 0 Å². The van der Waals surface area contributed by atoms with E-state index >= 15 is 0 Å². The summed E-state index contributed by atoms with van der Waals surface area (Å²) in [6.07, 6.45) is 2.04. The Balaban J connectivity index is 1.90. The molecule has 0 saturated heterocycles. The Morgan fingerprint density at radius 3 is 2.90 bits per heavy atom. The zero-order valence-electron chi connectivity index (χ0n) is 10.8. The molecule has 0 bridgehead atoms. The second kappa shape index (κ2) is 5.50. The van der Waals surface area contributed by atoms with Gasteiger partial charge in [0.05, 0.1) is 0 Å². The highest BCUT2D eigenvalue weighted by Crippen LogP contribution is 2.35. The number of halogens is 1. The van der Waals surface area contributed by atoms with Gasteiger partial charge < -0.3 is 10.6 Å². The number of hydrogen-bond acceptors (Lipinski definition) is 3. The van der Waals surface area contributed by atoms with Gasteiger partial charge in [-0.3, -0.25) is 4.79 Å². The fourth-order valence-corrected chi connectivity index (χ4v) is 3.08. The van der Waals surface area contributed by atoms with Crippen molar-refractivity contribution in [3.63, 3.8) is 0 Å². The number of anilines is 2. The van der Waals surface area contributed by atoms with E-state index < -0.39 is 0 Å². The second-order valence-corrected chi connectivity index (χ2v) is 6.33. The predicted octanol–water partition coefficient (Wildman–Crippen LogP) is 4.28. The van der Waals surface area contributed by atoms with Gasteiger partial charge in [-0.05, 0) is 36.6 Å². The first kappa shape index (κ1) is 13.5. The van der Waals surface area contributed by atoms with Crippen LogP contribution < -0.4 is 10.6 Å². The van der Waals surface area contributed by atoms with E-state index in [9.17, 15) is 4.79 Å². The van der Waals surface area contributed by atoms with E-state index in [1.54, 1.807) is 11.8 Å². The Kier molecular flexibility index (Phi) is 3.72. The van der Waals surface area contributed by atoms with Crippen LogP contribution in [0.2, 0.25) is 0 Å². The first-order chi connectivity index (χ1) is 9.67. The maximum atomic E-state index is 12.1. The molecule has 0 saturated carbocycles. The quantitative estimate of drug-likeness (QED) is 0.813. The molecule has 1 atom stereocenters. The molecule has 0 fully saturated rings. The molecule has 20 heavy (non-hydrogen) atoms. The van der Waals surface area contributed by atoms with Gasteiger partial charge in [0.25, 0.3) is 5.91 Å². The predicted molar refractivity (Wildman–Crippen MR) is 87.4 cm³/mol. The molecule has 0 radical (unpaired) electrons. The van der Waals surface area contributed by atoms with Crippen LogP contribution in [0.5, 0.6) is 0 Å². The van der Waals surface area contributed by atoms with Crippen LogP contribution in [-0.2, 0) is 4.79 Å². The third kappa shape index (κ3) is 2.55. The van der Waals surface area contributed by atoms with Crippen LogP contribution in [0.15, 0.2) is 51.8 Å². The summed E-state index contributed by atoms with van der Waals surface area (Å²) in [5, 5.41) is 6.20. The molecular formula is C15H13BrN2OS. The summed E-state index contributed by atoms with van der Waals surface area (Å²) < 4.78 is 0.960. The normalized spacial score (nSPS) is 16.7. The number of nitrogens with one attached hydrogen (secondary N) is 2. The van der Waals surface area contributed by atoms with Crippen molar-refractivity contribution < 1.29 is 4.79 Å². The van der Waals surface area contributed by atoms with Gasteiger partial charge in [-0.2, -0.15) is 0 Å².